The lowest BCUT2D eigenvalue weighted by Gasteiger charge is -2.07. The minimum absolute atomic E-state index is 0.0818. The fourth-order valence-electron chi connectivity index (χ4n) is 1.67. The van der Waals surface area contributed by atoms with E-state index in [0.717, 1.165) is 5.56 Å². The summed E-state index contributed by atoms with van der Waals surface area (Å²) in [5.74, 6) is -0.262. The Labute approximate surface area is 121 Å². The Bertz CT molecular complexity index is 654. The Kier molecular flexibility index (Phi) is 4.50. The maximum absolute atomic E-state index is 11.7. The van der Waals surface area contributed by atoms with Crippen LogP contribution < -0.4 is 9.47 Å². The molecule has 0 fully saturated rings. The highest BCUT2D eigenvalue weighted by molar-refractivity contribution is 5.75. The van der Waals surface area contributed by atoms with Crippen molar-refractivity contribution in [2.75, 3.05) is 6.61 Å². The molecule has 0 aliphatic carbocycles. The van der Waals surface area contributed by atoms with Crippen molar-refractivity contribution >= 4 is 11.7 Å². The van der Waals surface area contributed by atoms with Crippen molar-refractivity contribution < 1.29 is 19.2 Å². The summed E-state index contributed by atoms with van der Waals surface area (Å²) in [5.41, 5.74) is 0.501. The molecule has 0 aromatic heterocycles. The first-order valence-corrected chi connectivity index (χ1v) is 6.20. The van der Waals surface area contributed by atoms with E-state index in [1.165, 1.54) is 12.1 Å². The number of carbonyl (C=O) groups is 1. The van der Waals surface area contributed by atoms with Crippen LogP contribution in [0.15, 0.2) is 48.5 Å². The largest absolute Gasteiger partial charge is 0.482 e. The fraction of sp³-hybridized carbons (Fsp3) is 0.133. The highest BCUT2D eigenvalue weighted by atomic mass is 16.6. The summed E-state index contributed by atoms with van der Waals surface area (Å²) >= 11 is 0. The summed E-state index contributed by atoms with van der Waals surface area (Å²) in [5, 5.41) is 10.9. The average Bonchev–Trinajstić information content (AvgIpc) is 2.46. The summed E-state index contributed by atoms with van der Waals surface area (Å²) < 4.78 is 10.2. The van der Waals surface area contributed by atoms with E-state index in [1.807, 2.05) is 6.07 Å². The third-order valence-corrected chi connectivity index (χ3v) is 2.64. The van der Waals surface area contributed by atoms with Crippen LogP contribution in [0.4, 0.5) is 5.69 Å². The first kappa shape index (κ1) is 14.5. The number of carbonyl (C=O) groups excluding carboxylic acids is 1. The van der Waals surface area contributed by atoms with Crippen molar-refractivity contribution in [1.29, 1.82) is 0 Å². The number of para-hydroxylation sites is 1. The fourth-order valence-corrected chi connectivity index (χ4v) is 1.67. The first-order chi connectivity index (χ1) is 10.1. The van der Waals surface area contributed by atoms with Gasteiger partial charge < -0.3 is 9.47 Å². The molecule has 0 N–H and O–H groups in total. The molecule has 0 heterocycles. The number of nitro benzene ring substituents is 1. The molecule has 0 spiro atoms. The molecule has 2 aromatic carbocycles. The normalized spacial score (nSPS) is 9.95. The highest BCUT2D eigenvalue weighted by Crippen LogP contribution is 2.27. The van der Waals surface area contributed by atoms with E-state index in [0.29, 0.717) is 5.75 Å². The van der Waals surface area contributed by atoms with Gasteiger partial charge >= 0.3 is 11.7 Å². The van der Waals surface area contributed by atoms with Crippen LogP contribution in [0.25, 0.3) is 0 Å². The molecule has 0 saturated heterocycles. The predicted octanol–water partition coefficient (Wildman–Crippen LogP) is 2.89. The Morgan fingerprint density at radius 2 is 1.90 bits per heavy atom. The first-order valence-electron chi connectivity index (χ1n) is 6.20. The number of nitrogens with zero attached hydrogens (tertiary/aromatic N) is 1. The van der Waals surface area contributed by atoms with Crippen molar-refractivity contribution in [3.8, 4) is 11.5 Å². The third-order valence-electron chi connectivity index (χ3n) is 2.64. The molecular weight excluding hydrogens is 274 g/mol. The zero-order valence-corrected chi connectivity index (χ0v) is 11.3. The minimum atomic E-state index is -0.701. The molecule has 0 atom stereocenters. The number of nitro groups is 1. The zero-order valence-electron chi connectivity index (χ0n) is 11.3. The molecule has 21 heavy (non-hydrogen) atoms. The highest BCUT2D eigenvalue weighted by Gasteiger charge is 2.18. The summed E-state index contributed by atoms with van der Waals surface area (Å²) in [6.45, 7) is 1.43. The smallest absolute Gasteiger partial charge is 0.349 e. The summed E-state index contributed by atoms with van der Waals surface area (Å²) in [7, 11) is 0. The maximum atomic E-state index is 11.7. The molecule has 0 radical (unpaired) electrons. The Morgan fingerprint density at radius 1 is 1.19 bits per heavy atom. The number of rotatable bonds is 5. The zero-order chi connectivity index (χ0) is 15.2. The van der Waals surface area contributed by atoms with Gasteiger partial charge in [-0.2, -0.15) is 0 Å². The number of hydrogen-bond acceptors (Lipinski definition) is 5. The molecule has 0 bridgehead atoms. The predicted molar refractivity (Wildman–Crippen MR) is 75.4 cm³/mol. The molecule has 6 heteroatoms. The SMILES string of the molecule is Cc1ccc([N+](=O)[O-])c(OC(=O)COc2ccccc2)c1. The summed E-state index contributed by atoms with van der Waals surface area (Å²) in [6, 6.07) is 13.1. The molecule has 2 rings (SSSR count). The van der Waals surface area contributed by atoms with Gasteiger partial charge in [0.25, 0.3) is 0 Å². The number of ether oxygens (including phenoxy) is 2. The lowest BCUT2D eigenvalue weighted by Crippen LogP contribution is -2.18. The lowest BCUT2D eigenvalue weighted by atomic mass is 10.2. The van der Waals surface area contributed by atoms with Crippen molar-refractivity contribution in [3.63, 3.8) is 0 Å². The minimum Gasteiger partial charge on any atom is -0.482 e. The van der Waals surface area contributed by atoms with E-state index in [-0.39, 0.29) is 18.0 Å². The monoisotopic (exact) mass is 287 g/mol. The molecule has 0 saturated carbocycles. The van der Waals surface area contributed by atoms with Crippen molar-refractivity contribution in [2.24, 2.45) is 0 Å². The van der Waals surface area contributed by atoms with Crippen LogP contribution in [0.5, 0.6) is 11.5 Å². The van der Waals surface area contributed by atoms with Gasteiger partial charge in [-0.15, -0.1) is 0 Å². The van der Waals surface area contributed by atoms with Crippen LogP contribution >= 0.6 is 0 Å². The Hall–Kier alpha value is -2.89. The van der Waals surface area contributed by atoms with E-state index >= 15 is 0 Å². The average molecular weight is 287 g/mol. The number of hydrogen-bond donors (Lipinski definition) is 0. The van der Waals surface area contributed by atoms with Gasteiger partial charge in [-0.05, 0) is 30.7 Å². The second kappa shape index (κ2) is 6.51. The molecule has 0 aliphatic rings. The summed E-state index contributed by atoms with van der Waals surface area (Å²) in [6.07, 6.45) is 0. The van der Waals surface area contributed by atoms with Gasteiger partial charge in [-0.25, -0.2) is 4.79 Å². The molecule has 108 valence electrons. The van der Waals surface area contributed by atoms with Crippen molar-refractivity contribution in [3.05, 3.63) is 64.2 Å². The van der Waals surface area contributed by atoms with Crippen molar-refractivity contribution in [1.82, 2.24) is 0 Å². The van der Waals surface area contributed by atoms with E-state index < -0.39 is 10.9 Å². The molecule has 0 amide bonds. The topological polar surface area (TPSA) is 78.7 Å². The number of benzene rings is 2. The Morgan fingerprint density at radius 3 is 2.57 bits per heavy atom. The van der Waals surface area contributed by atoms with Crippen LogP contribution in [-0.2, 0) is 4.79 Å². The van der Waals surface area contributed by atoms with Gasteiger partial charge in [0.15, 0.2) is 6.61 Å². The third kappa shape index (κ3) is 4.04. The second-order valence-corrected chi connectivity index (χ2v) is 4.30. The van der Waals surface area contributed by atoms with E-state index in [4.69, 9.17) is 9.47 Å². The number of esters is 1. The van der Waals surface area contributed by atoms with Gasteiger partial charge in [0.1, 0.15) is 5.75 Å². The summed E-state index contributed by atoms with van der Waals surface area (Å²) in [4.78, 5) is 22.0. The second-order valence-electron chi connectivity index (χ2n) is 4.30. The van der Waals surface area contributed by atoms with Crippen LogP contribution in [0.2, 0.25) is 0 Å². The van der Waals surface area contributed by atoms with Gasteiger partial charge in [0.2, 0.25) is 5.75 Å². The standard InChI is InChI=1S/C15H13NO5/c1-11-7-8-13(16(18)19)14(9-11)21-15(17)10-20-12-5-3-2-4-6-12/h2-9H,10H2,1H3. The van der Waals surface area contributed by atoms with Crippen LogP contribution in [-0.4, -0.2) is 17.5 Å². The van der Waals surface area contributed by atoms with E-state index in [9.17, 15) is 14.9 Å². The van der Waals surface area contributed by atoms with Gasteiger partial charge in [0.05, 0.1) is 4.92 Å². The van der Waals surface area contributed by atoms with Gasteiger partial charge in [-0.1, -0.05) is 24.3 Å². The lowest BCUT2D eigenvalue weighted by molar-refractivity contribution is -0.385. The van der Waals surface area contributed by atoms with Crippen LogP contribution in [0.3, 0.4) is 0 Å². The van der Waals surface area contributed by atoms with Gasteiger partial charge in [-0.3, -0.25) is 10.1 Å². The quantitative estimate of drug-likeness (QED) is 0.365. The Balaban J connectivity index is 2.02. The van der Waals surface area contributed by atoms with Crippen LogP contribution in [0.1, 0.15) is 5.56 Å². The molecular formula is C15H13NO5. The van der Waals surface area contributed by atoms with Crippen molar-refractivity contribution in [2.45, 2.75) is 6.92 Å². The molecule has 6 nitrogen and oxygen atoms in total. The maximum Gasteiger partial charge on any atom is 0.349 e. The molecule has 0 aliphatic heterocycles. The van der Waals surface area contributed by atoms with E-state index in [2.05, 4.69) is 0 Å². The molecule has 0 unspecified atom stereocenters. The van der Waals surface area contributed by atoms with E-state index in [1.54, 1.807) is 37.3 Å². The van der Waals surface area contributed by atoms with Gasteiger partial charge in [0, 0.05) is 6.07 Å². The van der Waals surface area contributed by atoms with Crippen LogP contribution in [0, 0.1) is 17.0 Å². The molecule has 2 aromatic rings. The number of aryl methyl sites for hydroxylation is 1.